The predicted octanol–water partition coefficient (Wildman–Crippen LogP) is 3.77. The number of methoxy groups -OCH3 is 1. The molecule has 152 valence electrons. The highest BCUT2D eigenvalue weighted by atomic mass is 35.5. The van der Waals surface area contributed by atoms with Crippen LogP contribution in [0.1, 0.15) is 31.9 Å². The summed E-state index contributed by atoms with van der Waals surface area (Å²) in [7, 11) is -2.13. The van der Waals surface area contributed by atoms with Crippen LogP contribution < -0.4 is 14.4 Å². The Hall–Kier alpha value is -2.25. The molecule has 0 radical (unpaired) electrons. The number of nitrogens with one attached hydrogen (secondary N) is 1. The summed E-state index contributed by atoms with van der Waals surface area (Å²) in [6.07, 6.45) is 1.39. The number of halogens is 1. The Bertz CT molecular complexity index is 916. The molecule has 0 heterocycles. The highest BCUT2D eigenvalue weighted by molar-refractivity contribution is 7.92. The summed E-state index contributed by atoms with van der Waals surface area (Å²) < 4.78 is 31.4. The predicted molar refractivity (Wildman–Crippen MR) is 112 cm³/mol. The van der Waals surface area contributed by atoms with Crippen molar-refractivity contribution in [2.24, 2.45) is 0 Å². The molecule has 0 bridgehead atoms. The minimum absolute atomic E-state index is 0.306. The van der Waals surface area contributed by atoms with Crippen LogP contribution >= 0.6 is 11.6 Å². The Kier molecular flexibility index (Phi) is 7.32. The summed E-state index contributed by atoms with van der Waals surface area (Å²) >= 11 is 5.91. The van der Waals surface area contributed by atoms with Gasteiger partial charge in [0.15, 0.2) is 0 Å². The lowest BCUT2D eigenvalue weighted by Gasteiger charge is -2.31. The third-order valence-electron chi connectivity index (χ3n) is 4.38. The van der Waals surface area contributed by atoms with Gasteiger partial charge in [-0.25, -0.2) is 8.42 Å². The van der Waals surface area contributed by atoms with Crippen molar-refractivity contribution in [1.29, 1.82) is 0 Å². The van der Waals surface area contributed by atoms with Crippen molar-refractivity contribution in [2.75, 3.05) is 17.7 Å². The van der Waals surface area contributed by atoms with Gasteiger partial charge in [-0.15, -0.1) is 0 Å². The molecule has 0 aromatic heterocycles. The normalized spacial score (nSPS) is 13.5. The lowest BCUT2D eigenvalue weighted by molar-refractivity contribution is -0.122. The minimum atomic E-state index is -3.70. The zero-order valence-corrected chi connectivity index (χ0v) is 17.9. The van der Waals surface area contributed by atoms with Crippen molar-refractivity contribution in [3.63, 3.8) is 0 Å². The van der Waals surface area contributed by atoms with Crippen molar-refractivity contribution in [2.45, 2.75) is 32.4 Å². The molecule has 1 amide bonds. The molecule has 2 rings (SSSR count). The second kappa shape index (κ2) is 9.30. The number of carbonyl (C=O) groups excluding carboxylic acids is 1. The highest BCUT2D eigenvalue weighted by Gasteiger charge is 2.32. The van der Waals surface area contributed by atoms with Crippen LogP contribution in [0.4, 0.5) is 5.69 Å². The van der Waals surface area contributed by atoms with E-state index in [-0.39, 0.29) is 11.9 Å². The molecular formula is C20H25ClN2O4S. The maximum absolute atomic E-state index is 13.0. The number of anilines is 1. The number of ether oxygens (including phenoxy) is 1. The first kappa shape index (κ1) is 22.0. The van der Waals surface area contributed by atoms with Gasteiger partial charge in [-0.1, -0.05) is 36.7 Å². The Labute approximate surface area is 171 Å². The van der Waals surface area contributed by atoms with Gasteiger partial charge < -0.3 is 10.1 Å². The van der Waals surface area contributed by atoms with E-state index in [2.05, 4.69) is 5.32 Å². The van der Waals surface area contributed by atoms with Gasteiger partial charge in [-0.3, -0.25) is 9.10 Å². The zero-order valence-electron chi connectivity index (χ0n) is 16.3. The topological polar surface area (TPSA) is 75.7 Å². The summed E-state index contributed by atoms with van der Waals surface area (Å²) in [5.74, 6) is 0.266. The van der Waals surface area contributed by atoms with Crippen molar-refractivity contribution < 1.29 is 17.9 Å². The molecule has 2 aromatic rings. The Balaban J connectivity index is 2.32. The summed E-state index contributed by atoms with van der Waals surface area (Å²) in [6.45, 7) is 3.60. The first-order valence-electron chi connectivity index (χ1n) is 8.87. The average molecular weight is 425 g/mol. The van der Waals surface area contributed by atoms with Gasteiger partial charge in [0, 0.05) is 10.6 Å². The van der Waals surface area contributed by atoms with Crippen molar-refractivity contribution in [1.82, 2.24) is 5.32 Å². The molecule has 0 fully saturated rings. The van der Waals surface area contributed by atoms with Crippen LogP contribution in [0.5, 0.6) is 5.75 Å². The molecule has 0 spiro atoms. The van der Waals surface area contributed by atoms with E-state index < -0.39 is 16.1 Å². The first-order valence-corrected chi connectivity index (χ1v) is 11.1. The van der Waals surface area contributed by atoms with E-state index in [1.54, 1.807) is 38.3 Å². The van der Waals surface area contributed by atoms with E-state index in [1.807, 2.05) is 31.2 Å². The van der Waals surface area contributed by atoms with Gasteiger partial charge in [-0.05, 0) is 43.7 Å². The SMILES string of the molecule is CC[C@H](C(=O)N[C@H](C)c1ccccc1OC)N(c1ccc(Cl)cc1)S(C)(=O)=O. The lowest BCUT2D eigenvalue weighted by atomic mass is 10.1. The molecule has 0 aliphatic heterocycles. The molecule has 1 N–H and O–H groups in total. The van der Waals surface area contributed by atoms with Crippen molar-refractivity contribution in [3.05, 3.63) is 59.1 Å². The van der Waals surface area contributed by atoms with Crippen LogP contribution in [0.25, 0.3) is 0 Å². The molecule has 2 aromatic carbocycles. The van der Waals surface area contributed by atoms with Crippen LogP contribution in [-0.2, 0) is 14.8 Å². The first-order chi connectivity index (χ1) is 13.2. The van der Waals surface area contributed by atoms with Crippen molar-refractivity contribution in [3.8, 4) is 5.75 Å². The summed E-state index contributed by atoms with van der Waals surface area (Å²) in [5, 5.41) is 3.39. The fourth-order valence-electron chi connectivity index (χ4n) is 3.06. The molecular weight excluding hydrogens is 400 g/mol. The summed E-state index contributed by atoms with van der Waals surface area (Å²) in [5.41, 5.74) is 1.20. The Morgan fingerprint density at radius 3 is 2.32 bits per heavy atom. The summed E-state index contributed by atoms with van der Waals surface area (Å²) in [6, 6.07) is 12.5. The number of rotatable bonds is 8. The molecule has 28 heavy (non-hydrogen) atoms. The molecule has 0 aliphatic carbocycles. The number of sulfonamides is 1. The molecule has 0 aliphatic rings. The van der Waals surface area contributed by atoms with Crippen LogP contribution in [0.3, 0.4) is 0 Å². The van der Waals surface area contributed by atoms with Crippen LogP contribution in [0.2, 0.25) is 5.02 Å². The van der Waals surface area contributed by atoms with Gasteiger partial charge in [0.1, 0.15) is 11.8 Å². The minimum Gasteiger partial charge on any atom is -0.496 e. The number of hydrogen-bond donors (Lipinski definition) is 1. The van der Waals surface area contributed by atoms with E-state index in [1.165, 1.54) is 0 Å². The fraction of sp³-hybridized carbons (Fsp3) is 0.350. The molecule has 0 unspecified atom stereocenters. The van der Waals surface area contributed by atoms with E-state index in [0.717, 1.165) is 16.1 Å². The van der Waals surface area contributed by atoms with Crippen LogP contribution in [-0.4, -0.2) is 33.7 Å². The monoisotopic (exact) mass is 424 g/mol. The Morgan fingerprint density at radius 2 is 1.79 bits per heavy atom. The molecule has 0 saturated carbocycles. The Morgan fingerprint density at radius 1 is 1.18 bits per heavy atom. The van der Waals surface area contributed by atoms with Crippen LogP contribution in [0.15, 0.2) is 48.5 Å². The van der Waals surface area contributed by atoms with Gasteiger partial charge in [0.05, 0.1) is 25.1 Å². The number of carbonyl (C=O) groups is 1. The number of amides is 1. The van der Waals surface area contributed by atoms with Crippen LogP contribution in [0, 0.1) is 0 Å². The second-order valence-electron chi connectivity index (χ2n) is 6.43. The summed E-state index contributed by atoms with van der Waals surface area (Å²) in [4.78, 5) is 13.0. The maximum Gasteiger partial charge on any atom is 0.244 e. The van der Waals surface area contributed by atoms with Crippen molar-refractivity contribution >= 4 is 33.2 Å². The quantitative estimate of drug-likeness (QED) is 0.699. The number of benzene rings is 2. The lowest BCUT2D eigenvalue weighted by Crippen LogP contribution is -2.49. The third kappa shape index (κ3) is 5.17. The van der Waals surface area contributed by atoms with E-state index >= 15 is 0 Å². The van der Waals surface area contributed by atoms with E-state index in [0.29, 0.717) is 22.9 Å². The molecule has 6 nitrogen and oxygen atoms in total. The second-order valence-corrected chi connectivity index (χ2v) is 8.73. The smallest absolute Gasteiger partial charge is 0.244 e. The van der Waals surface area contributed by atoms with Gasteiger partial charge >= 0.3 is 0 Å². The average Bonchev–Trinajstić information content (AvgIpc) is 2.65. The third-order valence-corrected chi connectivity index (χ3v) is 5.81. The molecule has 8 heteroatoms. The van der Waals surface area contributed by atoms with Gasteiger partial charge in [-0.2, -0.15) is 0 Å². The molecule has 2 atom stereocenters. The standard InChI is InChI=1S/C20H25ClN2O4S/c1-5-18(23(28(4,25)26)16-12-10-15(21)11-13-16)20(24)22-14(2)17-8-6-7-9-19(17)27-3/h6-14,18H,5H2,1-4H3,(H,22,24)/t14-,18-/m1/s1. The number of nitrogens with zero attached hydrogens (tertiary/aromatic N) is 1. The van der Waals surface area contributed by atoms with E-state index in [4.69, 9.17) is 16.3 Å². The zero-order chi connectivity index (χ0) is 20.9. The maximum atomic E-state index is 13.0. The largest absolute Gasteiger partial charge is 0.496 e. The van der Waals surface area contributed by atoms with Gasteiger partial charge in [0.2, 0.25) is 15.9 Å². The van der Waals surface area contributed by atoms with Gasteiger partial charge in [0.25, 0.3) is 0 Å². The van der Waals surface area contributed by atoms with E-state index in [9.17, 15) is 13.2 Å². The number of hydrogen-bond acceptors (Lipinski definition) is 4. The number of para-hydroxylation sites is 1. The highest BCUT2D eigenvalue weighted by Crippen LogP contribution is 2.27. The molecule has 0 saturated heterocycles. The fourth-order valence-corrected chi connectivity index (χ4v) is 4.40.